The number of rotatable bonds is 6. The van der Waals surface area contributed by atoms with Gasteiger partial charge in [0.1, 0.15) is 5.92 Å². The average molecular weight is 365 g/mol. The molecule has 1 amide bonds. The van der Waals surface area contributed by atoms with Crippen molar-refractivity contribution in [2.24, 2.45) is 5.92 Å². The van der Waals surface area contributed by atoms with Gasteiger partial charge in [-0.25, -0.2) is 0 Å². The highest BCUT2D eigenvalue weighted by molar-refractivity contribution is 5.85. The Morgan fingerprint density at radius 2 is 1.52 bits per heavy atom. The maximum atomic E-state index is 12.8. The van der Waals surface area contributed by atoms with Crippen LogP contribution in [0, 0.1) is 5.92 Å². The summed E-state index contributed by atoms with van der Waals surface area (Å²) in [5.41, 5.74) is 1.71. The van der Waals surface area contributed by atoms with Gasteiger partial charge in [0.2, 0.25) is 0 Å². The fourth-order valence-electron chi connectivity index (χ4n) is 3.75. The standard InChI is InChI=1S/C23H27NO3/c1-17-10-8-9-15-20(17)24-21(25)16-27-23(26)22(18-11-4-2-5-12-18)19-13-6-3-7-14-19/h2-7,11-14,17,20,22H,8-10,15-16H2,1H3,(H,24,25)/t17-,20-/m1/s1. The Kier molecular flexibility index (Phi) is 6.64. The number of carbonyl (C=O) groups excluding carboxylic acids is 2. The lowest BCUT2D eigenvalue weighted by atomic mass is 9.86. The van der Waals surface area contributed by atoms with Gasteiger partial charge in [-0.1, -0.05) is 80.4 Å². The van der Waals surface area contributed by atoms with Crippen LogP contribution in [0.1, 0.15) is 49.7 Å². The van der Waals surface area contributed by atoms with E-state index in [1.807, 2.05) is 60.7 Å². The van der Waals surface area contributed by atoms with Gasteiger partial charge in [0.15, 0.2) is 6.61 Å². The molecule has 0 aliphatic heterocycles. The van der Waals surface area contributed by atoms with Crippen LogP contribution in [-0.4, -0.2) is 24.5 Å². The lowest BCUT2D eigenvalue weighted by molar-refractivity contribution is -0.149. The molecule has 1 saturated carbocycles. The Bertz CT molecular complexity index is 705. The van der Waals surface area contributed by atoms with Crippen LogP contribution in [0.3, 0.4) is 0 Å². The smallest absolute Gasteiger partial charge is 0.318 e. The first-order valence-corrected chi connectivity index (χ1v) is 9.71. The molecule has 2 atom stereocenters. The molecular weight excluding hydrogens is 338 g/mol. The highest BCUT2D eigenvalue weighted by Gasteiger charge is 2.26. The second-order valence-corrected chi connectivity index (χ2v) is 7.30. The van der Waals surface area contributed by atoms with Crippen LogP contribution >= 0.6 is 0 Å². The van der Waals surface area contributed by atoms with E-state index >= 15 is 0 Å². The summed E-state index contributed by atoms with van der Waals surface area (Å²) in [6.45, 7) is 1.93. The van der Waals surface area contributed by atoms with E-state index in [1.54, 1.807) is 0 Å². The highest BCUT2D eigenvalue weighted by atomic mass is 16.5. The third-order valence-corrected chi connectivity index (χ3v) is 5.30. The normalized spacial score (nSPS) is 19.5. The molecule has 2 aromatic rings. The molecule has 0 radical (unpaired) electrons. The number of hydrogen-bond acceptors (Lipinski definition) is 3. The van der Waals surface area contributed by atoms with Crippen LogP contribution in [0.2, 0.25) is 0 Å². The summed E-state index contributed by atoms with van der Waals surface area (Å²) in [4.78, 5) is 25.1. The Morgan fingerprint density at radius 3 is 2.07 bits per heavy atom. The van der Waals surface area contributed by atoms with E-state index in [0.717, 1.165) is 30.4 Å². The number of carbonyl (C=O) groups is 2. The van der Waals surface area contributed by atoms with Crippen LogP contribution in [0.15, 0.2) is 60.7 Å². The molecule has 27 heavy (non-hydrogen) atoms. The lowest BCUT2D eigenvalue weighted by Gasteiger charge is -2.29. The van der Waals surface area contributed by atoms with Crippen LogP contribution in [0.25, 0.3) is 0 Å². The zero-order valence-corrected chi connectivity index (χ0v) is 15.8. The molecule has 4 heteroatoms. The third-order valence-electron chi connectivity index (χ3n) is 5.30. The van der Waals surface area contributed by atoms with E-state index in [1.165, 1.54) is 6.42 Å². The van der Waals surface area contributed by atoms with Crippen LogP contribution in [0.5, 0.6) is 0 Å². The summed E-state index contributed by atoms with van der Waals surface area (Å²) in [7, 11) is 0. The minimum atomic E-state index is -0.534. The molecule has 0 spiro atoms. The molecule has 0 aromatic heterocycles. The van der Waals surface area contributed by atoms with Gasteiger partial charge in [-0.15, -0.1) is 0 Å². The van der Waals surface area contributed by atoms with Crippen LogP contribution < -0.4 is 5.32 Å². The number of esters is 1. The fourth-order valence-corrected chi connectivity index (χ4v) is 3.75. The van der Waals surface area contributed by atoms with Crippen molar-refractivity contribution in [3.8, 4) is 0 Å². The molecule has 1 N–H and O–H groups in total. The van der Waals surface area contributed by atoms with Crippen molar-refractivity contribution >= 4 is 11.9 Å². The Morgan fingerprint density at radius 1 is 0.963 bits per heavy atom. The Hall–Kier alpha value is -2.62. The maximum absolute atomic E-state index is 12.8. The quantitative estimate of drug-likeness (QED) is 0.786. The molecule has 1 aliphatic carbocycles. The maximum Gasteiger partial charge on any atom is 0.318 e. The fraction of sp³-hybridized carbons (Fsp3) is 0.391. The van der Waals surface area contributed by atoms with Crippen molar-refractivity contribution in [1.82, 2.24) is 5.32 Å². The van der Waals surface area contributed by atoms with Gasteiger partial charge in [-0.2, -0.15) is 0 Å². The van der Waals surface area contributed by atoms with Gasteiger partial charge in [0, 0.05) is 6.04 Å². The molecule has 0 unspecified atom stereocenters. The molecule has 4 nitrogen and oxygen atoms in total. The van der Waals surface area contributed by atoms with Gasteiger partial charge in [0.05, 0.1) is 0 Å². The molecule has 142 valence electrons. The minimum absolute atomic E-state index is 0.184. The van der Waals surface area contributed by atoms with Crippen molar-refractivity contribution in [1.29, 1.82) is 0 Å². The van der Waals surface area contributed by atoms with E-state index in [9.17, 15) is 9.59 Å². The van der Waals surface area contributed by atoms with Gasteiger partial charge >= 0.3 is 5.97 Å². The summed E-state index contributed by atoms with van der Waals surface area (Å²) >= 11 is 0. The SMILES string of the molecule is C[C@@H]1CCCC[C@H]1NC(=O)COC(=O)C(c1ccccc1)c1ccccc1. The van der Waals surface area contributed by atoms with Crippen molar-refractivity contribution < 1.29 is 14.3 Å². The van der Waals surface area contributed by atoms with E-state index in [0.29, 0.717) is 5.92 Å². The van der Waals surface area contributed by atoms with E-state index in [-0.39, 0.29) is 18.6 Å². The molecule has 1 aliphatic rings. The van der Waals surface area contributed by atoms with Crippen LogP contribution in [0.4, 0.5) is 0 Å². The number of benzene rings is 2. The molecule has 1 fully saturated rings. The van der Waals surface area contributed by atoms with E-state index in [4.69, 9.17) is 4.74 Å². The predicted molar refractivity (Wildman–Crippen MR) is 105 cm³/mol. The molecule has 0 heterocycles. The summed E-state index contributed by atoms with van der Waals surface area (Å²) in [5.74, 6) is -0.685. The Balaban J connectivity index is 1.64. The summed E-state index contributed by atoms with van der Waals surface area (Å²) in [6.07, 6.45) is 4.49. The summed E-state index contributed by atoms with van der Waals surface area (Å²) in [5, 5.41) is 3.03. The van der Waals surface area contributed by atoms with Gasteiger partial charge in [-0.3, -0.25) is 9.59 Å². The van der Waals surface area contributed by atoms with E-state index in [2.05, 4.69) is 12.2 Å². The first kappa shape index (κ1) is 19.2. The second kappa shape index (κ2) is 9.36. The lowest BCUT2D eigenvalue weighted by Crippen LogP contribution is -2.43. The van der Waals surface area contributed by atoms with Crippen molar-refractivity contribution in [3.05, 3.63) is 71.8 Å². The monoisotopic (exact) mass is 365 g/mol. The first-order chi connectivity index (χ1) is 13.1. The number of nitrogens with one attached hydrogen (secondary N) is 1. The van der Waals surface area contributed by atoms with E-state index < -0.39 is 11.9 Å². The molecule has 2 aromatic carbocycles. The largest absolute Gasteiger partial charge is 0.455 e. The number of amides is 1. The third kappa shape index (κ3) is 5.19. The summed E-state index contributed by atoms with van der Waals surface area (Å²) < 4.78 is 5.40. The Labute approximate surface area is 160 Å². The van der Waals surface area contributed by atoms with Crippen molar-refractivity contribution in [3.63, 3.8) is 0 Å². The molecule has 3 rings (SSSR count). The molecule has 0 bridgehead atoms. The zero-order chi connectivity index (χ0) is 19.1. The highest BCUT2D eigenvalue weighted by Crippen LogP contribution is 2.26. The number of ether oxygens (including phenoxy) is 1. The minimum Gasteiger partial charge on any atom is -0.455 e. The van der Waals surface area contributed by atoms with Crippen molar-refractivity contribution in [2.45, 2.75) is 44.6 Å². The van der Waals surface area contributed by atoms with Gasteiger partial charge in [-0.05, 0) is 29.9 Å². The van der Waals surface area contributed by atoms with Gasteiger partial charge < -0.3 is 10.1 Å². The average Bonchev–Trinajstić information content (AvgIpc) is 2.70. The molecular formula is C23H27NO3. The first-order valence-electron chi connectivity index (χ1n) is 9.71. The van der Waals surface area contributed by atoms with Crippen LogP contribution in [-0.2, 0) is 14.3 Å². The number of hydrogen-bond donors (Lipinski definition) is 1. The summed E-state index contributed by atoms with van der Waals surface area (Å²) in [6, 6.07) is 19.2. The predicted octanol–water partition coefficient (Wildman–Crippen LogP) is 4.06. The second-order valence-electron chi connectivity index (χ2n) is 7.30. The van der Waals surface area contributed by atoms with Crippen molar-refractivity contribution in [2.75, 3.05) is 6.61 Å². The molecule has 0 saturated heterocycles. The topological polar surface area (TPSA) is 55.4 Å². The van der Waals surface area contributed by atoms with Gasteiger partial charge in [0.25, 0.3) is 5.91 Å². The zero-order valence-electron chi connectivity index (χ0n) is 15.8.